The molecule has 1 aliphatic heterocycles. The van der Waals surface area contributed by atoms with E-state index in [2.05, 4.69) is 22.3 Å². The molecule has 1 fully saturated rings. The lowest BCUT2D eigenvalue weighted by atomic mass is 10.1. The molecule has 6 heteroatoms. The maximum atomic E-state index is 13.1. The number of carbonyl (C=O) groups excluding carboxylic acids is 1. The van der Waals surface area contributed by atoms with Gasteiger partial charge in [-0.1, -0.05) is 29.8 Å². The van der Waals surface area contributed by atoms with Gasteiger partial charge in [0.2, 0.25) is 5.91 Å². The molecule has 1 amide bonds. The summed E-state index contributed by atoms with van der Waals surface area (Å²) in [5.41, 5.74) is 2.75. The maximum absolute atomic E-state index is 13.1. The number of hydrogen-bond acceptors (Lipinski definition) is 3. The standard InChI is InChI=1S/C21H22ClFN2O2/c1-15(17-3-2-4-19(13-17)25-9-11-27-12-10-25)24-21(26)8-6-16-5-7-18(23)14-20(16)22/h2-8,13-15H,9-12H2,1H3,(H,24,26)/b8-6+/t15-/m0/s1. The molecule has 0 aromatic heterocycles. The van der Waals surface area contributed by atoms with Crippen molar-refractivity contribution in [3.63, 3.8) is 0 Å². The summed E-state index contributed by atoms with van der Waals surface area (Å²) in [4.78, 5) is 14.5. The molecule has 3 rings (SSSR count). The van der Waals surface area contributed by atoms with Crippen molar-refractivity contribution < 1.29 is 13.9 Å². The molecule has 4 nitrogen and oxygen atoms in total. The van der Waals surface area contributed by atoms with Gasteiger partial charge in [0, 0.05) is 24.9 Å². The van der Waals surface area contributed by atoms with Crippen LogP contribution in [-0.2, 0) is 9.53 Å². The summed E-state index contributed by atoms with van der Waals surface area (Å²) in [6, 6.07) is 12.1. The number of morpholine rings is 1. The van der Waals surface area contributed by atoms with Crippen LogP contribution in [0.5, 0.6) is 0 Å². The third-order valence-electron chi connectivity index (χ3n) is 4.48. The lowest BCUT2D eigenvalue weighted by molar-refractivity contribution is -0.117. The number of halogens is 2. The normalized spacial score (nSPS) is 15.7. The number of nitrogens with one attached hydrogen (secondary N) is 1. The summed E-state index contributed by atoms with van der Waals surface area (Å²) in [6.07, 6.45) is 2.98. The minimum absolute atomic E-state index is 0.146. The van der Waals surface area contributed by atoms with Crippen molar-refractivity contribution in [2.75, 3.05) is 31.2 Å². The van der Waals surface area contributed by atoms with Gasteiger partial charge in [0.1, 0.15) is 5.82 Å². The Kier molecular flexibility index (Phi) is 6.48. The lowest BCUT2D eigenvalue weighted by Crippen LogP contribution is -2.36. The van der Waals surface area contributed by atoms with Crippen LogP contribution in [0.15, 0.2) is 48.5 Å². The van der Waals surface area contributed by atoms with Gasteiger partial charge in [0.05, 0.1) is 24.3 Å². The molecule has 142 valence electrons. The van der Waals surface area contributed by atoms with E-state index in [1.807, 2.05) is 19.1 Å². The topological polar surface area (TPSA) is 41.6 Å². The van der Waals surface area contributed by atoms with Crippen LogP contribution in [0.25, 0.3) is 6.08 Å². The molecule has 0 aliphatic carbocycles. The van der Waals surface area contributed by atoms with Gasteiger partial charge in [0.15, 0.2) is 0 Å². The number of amides is 1. The number of anilines is 1. The molecule has 1 atom stereocenters. The van der Waals surface area contributed by atoms with Gasteiger partial charge >= 0.3 is 0 Å². The van der Waals surface area contributed by atoms with Gasteiger partial charge in [-0.3, -0.25) is 4.79 Å². The van der Waals surface area contributed by atoms with Gasteiger partial charge in [-0.05, 0) is 48.4 Å². The van der Waals surface area contributed by atoms with Gasteiger partial charge < -0.3 is 15.0 Å². The van der Waals surface area contributed by atoms with E-state index in [1.165, 1.54) is 24.3 Å². The fourth-order valence-corrected chi connectivity index (χ4v) is 3.19. The summed E-state index contributed by atoms with van der Waals surface area (Å²) in [5.74, 6) is -0.643. The number of rotatable bonds is 5. The van der Waals surface area contributed by atoms with E-state index in [9.17, 15) is 9.18 Å². The predicted molar refractivity (Wildman–Crippen MR) is 106 cm³/mol. The zero-order chi connectivity index (χ0) is 19.2. The molecule has 0 unspecified atom stereocenters. The molecule has 1 saturated heterocycles. The highest BCUT2D eigenvalue weighted by Gasteiger charge is 2.14. The Morgan fingerprint density at radius 2 is 2.04 bits per heavy atom. The second-order valence-corrected chi connectivity index (χ2v) is 6.83. The summed E-state index contributed by atoms with van der Waals surface area (Å²) in [7, 11) is 0. The summed E-state index contributed by atoms with van der Waals surface area (Å²) < 4.78 is 18.5. The zero-order valence-electron chi connectivity index (χ0n) is 15.1. The molecule has 2 aromatic rings. The highest BCUT2D eigenvalue weighted by atomic mass is 35.5. The molecule has 0 saturated carbocycles. The molecule has 27 heavy (non-hydrogen) atoms. The van der Waals surface area contributed by atoms with E-state index >= 15 is 0 Å². The van der Waals surface area contributed by atoms with Gasteiger partial charge in [-0.25, -0.2) is 4.39 Å². The average Bonchev–Trinajstić information content (AvgIpc) is 2.68. The van der Waals surface area contributed by atoms with Gasteiger partial charge in [-0.2, -0.15) is 0 Å². The first-order chi connectivity index (χ1) is 13.0. The Bertz CT molecular complexity index is 835. The first kappa shape index (κ1) is 19.4. The monoisotopic (exact) mass is 388 g/mol. The molecule has 1 N–H and O–H groups in total. The van der Waals surface area contributed by atoms with E-state index in [0.717, 1.165) is 37.6 Å². The van der Waals surface area contributed by atoms with Crippen molar-refractivity contribution >= 4 is 29.3 Å². The number of hydrogen-bond donors (Lipinski definition) is 1. The van der Waals surface area contributed by atoms with Crippen molar-refractivity contribution in [1.29, 1.82) is 0 Å². The van der Waals surface area contributed by atoms with Crippen LogP contribution in [-0.4, -0.2) is 32.2 Å². The minimum atomic E-state index is -0.407. The van der Waals surface area contributed by atoms with Crippen molar-refractivity contribution in [3.05, 3.63) is 70.5 Å². The Hall–Kier alpha value is -2.37. The Labute approximate surface area is 163 Å². The predicted octanol–water partition coefficient (Wildman–Crippen LogP) is 4.21. The van der Waals surface area contributed by atoms with Crippen LogP contribution in [0.2, 0.25) is 5.02 Å². The minimum Gasteiger partial charge on any atom is -0.378 e. The number of nitrogens with zero attached hydrogens (tertiary/aromatic N) is 1. The van der Waals surface area contributed by atoms with Gasteiger partial charge in [-0.15, -0.1) is 0 Å². The largest absolute Gasteiger partial charge is 0.378 e. The SMILES string of the molecule is C[C@H](NC(=O)/C=C/c1ccc(F)cc1Cl)c1cccc(N2CCOCC2)c1. The Morgan fingerprint density at radius 3 is 2.78 bits per heavy atom. The molecular weight excluding hydrogens is 367 g/mol. The molecule has 1 heterocycles. The molecule has 0 radical (unpaired) electrons. The van der Waals surface area contributed by atoms with E-state index in [4.69, 9.17) is 16.3 Å². The van der Waals surface area contributed by atoms with Crippen molar-refractivity contribution in [2.24, 2.45) is 0 Å². The summed E-state index contributed by atoms with van der Waals surface area (Å²) >= 11 is 5.97. The third kappa shape index (κ3) is 5.31. The Morgan fingerprint density at radius 1 is 1.26 bits per heavy atom. The Balaban J connectivity index is 1.63. The van der Waals surface area contributed by atoms with Crippen LogP contribution in [0, 0.1) is 5.82 Å². The fourth-order valence-electron chi connectivity index (χ4n) is 2.96. The summed E-state index contributed by atoms with van der Waals surface area (Å²) in [5, 5.41) is 3.21. The maximum Gasteiger partial charge on any atom is 0.244 e. The van der Waals surface area contributed by atoms with Crippen LogP contribution in [0.3, 0.4) is 0 Å². The van der Waals surface area contributed by atoms with Crippen LogP contribution >= 0.6 is 11.6 Å². The second kappa shape index (κ2) is 9.02. The first-order valence-electron chi connectivity index (χ1n) is 8.89. The highest BCUT2D eigenvalue weighted by Crippen LogP contribution is 2.22. The van der Waals surface area contributed by atoms with Crippen molar-refractivity contribution in [1.82, 2.24) is 5.32 Å². The molecule has 1 aliphatic rings. The van der Waals surface area contributed by atoms with Gasteiger partial charge in [0.25, 0.3) is 0 Å². The van der Waals surface area contributed by atoms with Crippen LogP contribution < -0.4 is 10.2 Å². The first-order valence-corrected chi connectivity index (χ1v) is 9.27. The zero-order valence-corrected chi connectivity index (χ0v) is 15.9. The molecule has 0 spiro atoms. The van der Waals surface area contributed by atoms with E-state index < -0.39 is 5.82 Å². The molecule has 0 bridgehead atoms. The fraction of sp³-hybridized carbons (Fsp3) is 0.286. The average molecular weight is 389 g/mol. The second-order valence-electron chi connectivity index (χ2n) is 6.42. The number of ether oxygens (including phenoxy) is 1. The van der Waals surface area contributed by atoms with E-state index in [-0.39, 0.29) is 17.0 Å². The van der Waals surface area contributed by atoms with E-state index in [1.54, 1.807) is 6.08 Å². The smallest absolute Gasteiger partial charge is 0.244 e. The summed E-state index contributed by atoms with van der Waals surface area (Å²) in [6.45, 7) is 5.13. The highest BCUT2D eigenvalue weighted by molar-refractivity contribution is 6.32. The number of benzene rings is 2. The molecule has 2 aromatic carbocycles. The lowest BCUT2D eigenvalue weighted by Gasteiger charge is -2.29. The van der Waals surface area contributed by atoms with Crippen LogP contribution in [0.4, 0.5) is 10.1 Å². The number of carbonyl (C=O) groups is 1. The van der Waals surface area contributed by atoms with Crippen molar-refractivity contribution in [2.45, 2.75) is 13.0 Å². The van der Waals surface area contributed by atoms with E-state index in [0.29, 0.717) is 5.56 Å². The van der Waals surface area contributed by atoms with Crippen LogP contribution in [0.1, 0.15) is 24.1 Å². The molecular formula is C21H22ClFN2O2. The quantitative estimate of drug-likeness (QED) is 0.780. The third-order valence-corrected chi connectivity index (χ3v) is 4.81. The van der Waals surface area contributed by atoms with Crippen molar-refractivity contribution in [3.8, 4) is 0 Å².